The van der Waals surface area contributed by atoms with Gasteiger partial charge in [-0.15, -0.1) is 4.20 Å². The lowest BCUT2D eigenvalue weighted by molar-refractivity contribution is -0.0569. The molecule has 0 radical (unpaired) electrons. The first kappa shape index (κ1) is 28.3. The summed E-state index contributed by atoms with van der Waals surface area (Å²) in [6.07, 6.45) is 15.0. The summed E-state index contributed by atoms with van der Waals surface area (Å²) in [6.45, 7) is 12.1. The number of rotatable bonds is 10. The molecule has 3 saturated carbocycles. The summed E-state index contributed by atoms with van der Waals surface area (Å²) >= 11 is 0. The van der Waals surface area contributed by atoms with E-state index in [0.29, 0.717) is 24.2 Å². The van der Waals surface area contributed by atoms with Crippen LogP contribution in [0.3, 0.4) is 0 Å². The fraction of sp³-hybridized carbons (Fsp3) is 0.900. The number of nitrogens with zero attached hydrogens (tertiary/aromatic N) is 1. The van der Waals surface area contributed by atoms with Gasteiger partial charge in [0.1, 0.15) is 0 Å². The fourth-order valence-corrected chi connectivity index (χ4v) is 10.1. The van der Waals surface area contributed by atoms with Gasteiger partial charge in [0.05, 0.1) is 25.2 Å². The highest BCUT2D eigenvalue weighted by molar-refractivity contribution is 7.48. The molecule has 0 saturated heterocycles. The van der Waals surface area contributed by atoms with E-state index < -0.39 is 14.0 Å². The summed E-state index contributed by atoms with van der Waals surface area (Å²) in [5, 5.41) is 8.61. The Labute approximate surface area is 219 Å². The van der Waals surface area contributed by atoms with Crippen molar-refractivity contribution in [3.8, 4) is 6.07 Å². The molecule has 3 fully saturated rings. The Balaban J connectivity index is 1.41. The summed E-state index contributed by atoms with van der Waals surface area (Å²) in [4.78, 5) is 0. The first-order valence-corrected chi connectivity index (χ1v) is 16.1. The number of hydrogen-bond donors (Lipinski definition) is 0. The van der Waals surface area contributed by atoms with E-state index in [1.165, 1.54) is 50.5 Å². The van der Waals surface area contributed by atoms with E-state index in [9.17, 15) is 8.76 Å². The predicted molar refractivity (Wildman–Crippen MR) is 143 cm³/mol. The van der Waals surface area contributed by atoms with E-state index >= 15 is 0 Å². The third kappa shape index (κ3) is 5.67. The third-order valence-electron chi connectivity index (χ3n) is 11.0. The minimum atomic E-state index is -4.62. The number of hydrogen-bond acceptors (Lipinski definition) is 4. The van der Waals surface area contributed by atoms with Crippen LogP contribution < -0.4 is 0 Å². The first-order chi connectivity index (χ1) is 17.0. The maximum atomic E-state index is 14.4. The smallest absolute Gasteiger partial charge is 0.282 e. The zero-order chi connectivity index (χ0) is 26.1. The van der Waals surface area contributed by atoms with Gasteiger partial charge in [0.15, 0.2) is 0 Å². The summed E-state index contributed by atoms with van der Waals surface area (Å²) < 4.78 is 36.6. The lowest BCUT2D eigenvalue weighted by Gasteiger charge is -2.58. The van der Waals surface area contributed by atoms with Crippen LogP contribution in [-0.2, 0) is 13.6 Å². The Morgan fingerprint density at radius 1 is 1.14 bits per heavy atom. The molecule has 0 heterocycles. The summed E-state index contributed by atoms with van der Waals surface area (Å²) in [5.41, 5.74) is 2.01. The number of allylic oxidation sites excluding steroid dienone is 1. The lowest BCUT2D eigenvalue weighted by Crippen LogP contribution is -2.50. The van der Waals surface area contributed by atoms with Crippen LogP contribution in [0.5, 0.6) is 0 Å². The minimum absolute atomic E-state index is 0.00585. The second-order valence-corrected chi connectivity index (χ2v) is 14.8. The van der Waals surface area contributed by atoms with Crippen molar-refractivity contribution < 1.29 is 17.8 Å². The van der Waals surface area contributed by atoms with Crippen molar-refractivity contribution in [2.75, 3.05) is 6.61 Å². The quantitative estimate of drug-likeness (QED) is 0.163. The minimum Gasteiger partial charge on any atom is -0.282 e. The molecule has 4 aliphatic rings. The van der Waals surface area contributed by atoms with Gasteiger partial charge in [-0.1, -0.05) is 65.5 Å². The molecular formula is C30H49FNO3P. The van der Waals surface area contributed by atoms with Gasteiger partial charge < -0.3 is 0 Å². The maximum absolute atomic E-state index is 14.4. The van der Waals surface area contributed by atoms with E-state index in [-0.39, 0.29) is 18.4 Å². The number of halogens is 1. The molecule has 0 N–H and O–H groups in total. The van der Waals surface area contributed by atoms with Crippen LogP contribution in [-0.4, -0.2) is 12.7 Å². The average molecular weight is 522 g/mol. The van der Waals surface area contributed by atoms with E-state index in [4.69, 9.17) is 14.3 Å². The standard InChI is InChI=1S/C30H49FNO3P/c1-21(2)8-6-9-22(3)26-12-13-27-25-11-10-23-20-24(35-36(31,33)34-19-7-18-32)14-16-29(23,4)28(25)15-17-30(26,27)5/h10,21-22,24-28H,6-9,11-17,19-20H2,1-5H3/t22-,24+,25+,26-,27+,28+,29+,30-,36?/m1/s1. The summed E-state index contributed by atoms with van der Waals surface area (Å²) in [7, 11) is -4.62. The third-order valence-corrected chi connectivity index (χ3v) is 12.0. The van der Waals surface area contributed by atoms with Crippen molar-refractivity contribution in [1.29, 1.82) is 5.26 Å². The molecule has 0 aliphatic heterocycles. The van der Waals surface area contributed by atoms with Crippen molar-refractivity contribution >= 4 is 7.91 Å². The highest BCUT2D eigenvalue weighted by Crippen LogP contribution is 2.68. The van der Waals surface area contributed by atoms with E-state index in [0.717, 1.165) is 42.4 Å². The second kappa shape index (κ2) is 11.2. The van der Waals surface area contributed by atoms with E-state index in [2.05, 4.69) is 40.7 Å². The molecule has 0 amide bonds. The molecule has 6 heteroatoms. The first-order valence-electron chi connectivity index (χ1n) is 14.7. The van der Waals surface area contributed by atoms with Crippen molar-refractivity contribution in [3.05, 3.63) is 11.6 Å². The second-order valence-electron chi connectivity index (χ2n) is 13.4. The zero-order valence-corrected chi connectivity index (χ0v) is 24.2. The van der Waals surface area contributed by atoms with Crippen LogP contribution in [0.4, 0.5) is 4.20 Å². The average Bonchev–Trinajstić information content (AvgIpc) is 3.16. The molecular weight excluding hydrogens is 472 g/mol. The Morgan fingerprint density at radius 2 is 1.92 bits per heavy atom. The normalized spacial score (nSPS) is 40.4. The highest BCUT2D eigenvalue weighted by atomic mass is 31.2. The topological polar surface area (TPSA) is 59.3 Å². The van der Waals surface area contributed by atoms with Gasteiger partial charge in [-0.3, -0.25) is 9.05 Å². The van der Waals surface area contributed by atoms with E-state index in [1.807, 2.05) is 6.07 Å². The molecule has 36 heavy (non-hydrogen) atoms. The lowest BCUT2D eigenvalue weighted by atomic mass is 9.47. The zero-order valence-electron chi connectivity index (χ0n) is 23.3. The van der Waals surface area contributed by atoms with Crippen LogP contribution in [0.25, 0.3) is 0 Å². The number of nitriles is 1. The Hall–Kier alpha value is -0.690. The molecule has 4 aliphatic carbocycles. The van der Waals surface area contributed by atoms with Crippen molar-refractivity contribution in [3.63, 3.8) is 0 Å². The highest BCUT2D eigenvalue weighted by Gasteiger charge is 2.59. The van der Waals surface area contributed by atoms with Gasteiger partial charge in [-0.05, 0) is 97.7 Å². The van der Waals surface area contributed by atoms with Gasteiger partial charge in [-0.2, -0.15) is 5.26 Å². The molecule has 0 spiro atoms. The molecule has 204 valence electrons. The van der Waals surface area contributed by atoms with Gasteiger partial charge >= 0.3 is 7.91 Å². The van der Waals surface area contributed by atoms with Gasteiger partial charge in [0.2, 0.25) is 0 Å². The van der Waals surface area contributed by atoms with Gasteiger partial charge in [-0.25, -0.2) is 4.57 Å². The number of fused-ring (bicyclic) bond motifs is 5. The fourth-order valence-electron chi connectivity index (χ4n) is 9.15. The monoisotopic (exact) mass is 521 g/mol. The molecule has 4 nitrogen and oxygen atoms in total. The molecule has 0 aromatic carbocycles. The Morgan fingerprint density at radius 3 is 2.64 bits per heavy atom. The molecule has 0 bridgehead atoms. The largest absolute Gasteiger partial charge is 0.513 e. The van der Waals surface area contributed by atoms with Crippen LogP contribution in [0.1, 0.15) is 112 Å². The molecule has 4 rings (SSSR count). The molecule has 0 aromatic rings. The van der Waals surface area contributed by atoms with Crippen molar-refractivity contribution in [2.24, 2.45) is 46.3 Å². The van der Waals surface area contributed by atoms with Crippen LogP contribution in [0, 0.1) is 57.7 Å². The summed E-state index contributed by atoms with van der Waals surface area (Å²) in [5.74, 6) is 4.74. The predicted octanol–water partition coefficient (Wildman–Crippen LogP) is 9.42. The molecule has 9 atom stereocenters. The van der Waals surface area contributed by atoms with Crippen molar-refractivity contribution in [2.45, 2.75) is 118 Å². The molecule has 0 aromatic heterocycles. The van der Waals surface area contributed by atoms with Crippen LogP contribution >= 0.6 is 7.91 Å². The van der Waals surface area contributed by atoms with Crippen molar-refractivity contribution in [1.82, 2.24) is 0 Å². The Bertz CT molecular complexity index is 899. The van der Waals surface area contributed by atoms with Gasteiger partial charge in [0.25, 0.3) is 0 Å². The van der Waals surface area contributed by atoms with E-state index in [1.54, 1.807) is 0 Å². The summed E-state index contributed by atoms with van der Waals surface area (Å²) in [6, 6.07) is 1.88. The molecule has 1 unspecified atom stereocenters. The van der Waals surface area contributed by atoms with Gasteiger partial charge in [0, 0.05) is 0 Å². The SMILES string of the molecule is CC(C)CCC[C@@H](C)[C@H]1CC[C@H]2[C@@H]3CC=C4C[C@@H](OP(=O)(F)OCCC#N)CC[C@]4(C)[C@H]3CC[C@]12C. The van der Waals surface area contributed by atoms with Crippen LogP contribution in [0.15, 0.2) is 11.6 Å². The maximum Gasteiger partial charge on any atom is 0.513 e. The van der Waals surface area contributed by atoms with Crippen LogP contribution in [0.2, 0.25) is 0 Å². The Kier molecular flexibility index (Phi) is 8.81.